The van der Waals surface area contributed by atoms with Crippen molar-refractivity contribution in [2.24, 2.45) is 0 Å². The molecule has 1 N–H and O–H groups in total. The zero-order valence-corrected chi connectivity index (χ0v) is 13.2. The number of halogens is 4. The largest absolute Gasteiger partial charge is 0.435 e. The van der Waals surface area contributed by atoms with E-state index in [4.69, 9.17) is 0 Å². The van der Waals surface area contributed by atoms with Gasteiger partial charge in [0, 0.05) is 12.4 Å². The molecule has 0 spiro atoms. The van der Waals surface area contributed by atoms with Gasteiger partial charge in [0.05, 0.1) is 18.4 Å². The summed E-state index contributed by atoms with van der Waals surface area (Å²) in [6, 6.07) is 6.81. The molecule has 2 heterocycles. The first-order valence-electron chi connectivity index (χ1n) is 7.47. The summed E-state index contributed by atoms with van der Waals surface area (Å²) < 4.78 is 53.0. The molecule has 0 atom stereocenters. The molecule has 3 rings (SSSR count). The number of anilines is 1. The minimum absolute atomic E-state index is 0.307. The van der Waals surface area contributed by atoms with Crippen molar-refractivity contribution in [3.8, 4) is 0 Å². The lowest BCUT2D eigenvalue weighted by Gasteiger charge is -2.04. The zero-order valence-electron chi connectivity index (χ0n) is 13.2. The summed E-state index contributed by atoms with van der Waals surface area (Å²) >= 11 is 0. The van der Waals surface area contributed by atoms with Gasteiger partial charge in [0.25, 0.3) is 0 Å². The minimum Gasteiger partial charge on any atom is -0.322 e. The van der Waals surface area contributed by atoms with E-state index in [2.05, 4.69) is 15.5 Å². The van der Waals surface area contributed by atoms with Gasteiger partial charge in [-0.2, -0.15) is 23.4 Å². The highest BCUT2D eigenvalue weighted by Gasteiger charge is 2.33. The first-order valence-corrected chi connectivity index (χ1v) is 7.47. The fourth-order valence-electron chi connectivity index (χ4n) is 2.29. The lowest BCUT2D eigenvalue weighted by molar-refractivity contribution is -0.141. The predicted octanol–water partition coefficient (Wildman–Crippen LogP) is 2.92. The molecular formula is C16H13F4N5O. The van der Waals surface area contributed by atoms with E-state index >= 15 is 0 Å². The number of benzene rings is 1. The number of carbonyl (C=O) groups excluding carboxylic acids is 1. The number of rotatable bonds is 5. The van der Waals surface area contributed by atoms with Crippen LogP contribution in [0.15, 0.2) is 48.9 Å². The van der Waals surface area contributed by atoms with Crippen LogP contribution in [-0.2, 0) is 24.1 Å². The van der Waals surface area contributed by atoms with Crippen LogP contribution in [0.4, 0.5) is 23.2 Å². The molecule has 2 aromatic heterocycles. The second-order valence-corrected chi connectivity index (χ2v) is 5.50. The smallest absolute Gasteiger partial charge is 0.322 e. The fraction of sp³-hybridized carbons (Fsp3) is 0.188. The van der Waals surface area contributed by atoms with Crippen molar-refractivity contribution in [3.63, 3.8) is 0 Å². The molecule has 0 aliphatic heterocycles. The summed E-state index contributed by atoms with van der Waals surface area (Å²) in [5.41, 5.74) is 0.00464. The van der Waals surface area contributed by atoms with E-state index in [0.29, 0.717) is 17.8 Å². The highest BCUT2D eigenvalue weighted by molar-refractivity contribution is 5.90. The normalized spacial score (nSPS) is 11.5. The predicted molar refractivity (Wildman–Crippen MR) is 83.6 cm³/mol. The molecule has 26 heavy (non-hydrogen) atoms. The van der Waals surface area contributed by atoms with Crippen LogP contribution in [0.3, 0.4) is 0 Å². The molecule has 0 saturated heterocycles. The third-order valence-corrected chi connectivity index (χ3v) is 3.39. The van der Waals surface area contributed by atoms with E-state index in [1.807, 2.05) is 0 Å². The Balaban J connectivity index is 1.58. The molecular weight excluding hydrogens is 354 g/mol. The molecule has 0 fully saturated rings. The molecule has 1 aromatic carbocycles. The number of amides is 1. The third kappa shape index (κ3) is 4.47. The van der Waals surface area contributed by atoms with E-state index in [-0.39, 0.29) is 12.4 Å². The van der Waals surface area contributed by atoms with Crippen molar-refractivity contribution in [1.29, 1.82) is 0 Å². The van der Waals surface area contributed by atoms with E-state index in [9.17, 15) is 22.4 Å². The van der Waals surface area contributed by atoms with Crippen molar-refractivity contribution in [3.05, 3.63) is 66.0 Å². The Morgan fingerprint density at radius 2 is 2.00 bits per heavy atom. The Morgan fingerprint density at radius 3 is 2.69 bits per heavy atom. The summed E-state index contributed by atoms with van der Waals surface area (Å²) in [5.74, 6) is -0.909. The summed E-state index contributed by atoms with van der Waals surface area (Å²) in [6.07, 6.45) is -0.552. The number of nitrogens with one attached hydrogen (secondary N) is 1. The quantitative estimate of drug-likeness (QED) is 0.706. The fourth-order valence-corrected chi connectivity index (χ4v) is 2.29. The summed E-state index contributed by atoms with van der Waals surface area (Å²) in [7, 11) is 0. The summed E-state index contributed by atoms with van der Waals surface area (Å²) in [6.45, 7) is -0.0626. The van der Waals surface area contributed by atoms with Crippen LogP contribution in [0.5, 0.6) is 0 Å². The minimum atomic E-state index is -4.56. The molecule has 0 aliphatic carbocycles. The highest BCUT2D eigenvalue weighted by atomic mass is 19.4. The van der Waals surface area contributed by atoms with Crippen LogP contribution < -0.4 is 5.32 Å². The van der Waals surface area contributed by atoms with Crippen molar-refractivity contribution < 1.29 is 22.4 Å². The lowest BCUT2D eigenvalue weighted by Crippen LogP contribution is -2.19. The van der Waals surface area contributed by atoms with Crippen LogP contribution in [0.1, 0.15) is 11.3 Å². The van der Waals surface area contributed by atoms with Crippen LogP contribution in [0.25, 0.3) is 0 Å². The van der Waals surface area contributed by atoms with Gasteiger partial charge < -0.3 is 5.32 Å². The maximum absolute atomic E-state index is 13.2. The van der Waals surface area contributed by atoms with Gasteiger partial charge in [-0.25, -0.2) is 4.39 Å². The standard InChI is InChI=1S/C16H13F4N5O/c17-12-3-1-2-11(6-12)8-25-9-13(7-21-25)22-15(26)10-24-5-4-14(23-24)16(18,19)20/h1-7,9H,8,10H2,(H,22,26). The maximum atomic E-state index is 13.2. The molecule has 10 heteroatoms. The van der Waals surface area contributed by atoms with Crippen molar-refractivity contribution >= 4 is 11.6 Å². The highest BCUT2D eigenvalue weighted by Crippen LogP contribution is 2.27. The Kier molecular flexibility index (Phi) is 4.74. The Hall–Kier alpha value is -3.17. The van der Waals surface area contributed by atoms with Gasteiger partial charge in [-0.15, -0.1) is 0 Å². The third-order valence-electron chi connectivity index (χ3n) is 3.39. The lowest BCUT2D eigenvalue weighted by atomic mass is 10.2. The van der Waals surface area contributed by atoms with Crippen molar-refractivity contribution in [2.75, 3.05) is 5.32 Å². The molecule has 3 aromatic rings. The van der Waals surface area contributed by atoms with Gasteiger partial charge in [0.15, 0.2) is 5.69 Å². The summed E-state index contributed by atoms with van der Waals surface area (Å²) in [4.78, 5) is 11.9. The average molecular weight is 367 g/mol. The molecule has 1 amide bonds. The van der Waals surface area contributed by atoms with Crippen molar-refractivity contribution in [1.82, 2.24) is 19.6 Å². The van der Waals surface area contributed by atoms with E-state index in [0.717, 1.165) is 16.9 Å². The SMILES string of the molecule is O=C(Cn1ccc(C(F)(F)F)n1)Nc1cnn(Cc2cccc(F)c2)c1. The summed E-state index contributed by atoms with van der Waals surface area (Å²) in [5, 5.41) is 9.87. The number of nitrogens with zero attached hydrogens (tertiary/aromatic N) is 4. The average Bonchev–Trinajstić information content (AvgIpc) is 3.16. The number of aromatic nitrogens is 4. The van der Waals surface area contributed by atoms with Gasteiger partial charge >= 0.3 is 6.18 Å². The maximum Gasteiger partial charge on any atom is 0.435 e. The topological polar surface area (TPSA) is 64.7 Å². The number of carbonyl (C=O) groups is 1. The second-order valence-electron chi connectivity index (χ2n) is 5.50. The van der Waals surface area contributed by atoms with Crippen LogP contribution in [0, 0.1) is 5.82 Å². The van der Waals surface area contributed by atoms with Gasteiger partial charge in [0.2, 0.25) is 5.91 Å². The Bertz CT molecular complexity index is 915. The number of alkyl halides is 3. The monoisotopic (exact) mass is 367 g/mol. The first kappa shape index (κ1) is 17.6. The second kappa shape index (κ2) is 6.98. The Labute approximate surface area is 145 Å². The number of hydrogen-bond donors (Lipinski definition) is 1. The van der Waals surface area contributed by atoms with E-state index in [1.165, 1.54) is 29.2 Å². The number of hydrogen-bond acceptors (Lipinski definition) is 3. The molecule has 0 aliphatic rings. The first-order chi connectivity index (χ1) is 12.3. The van der Waals surface area contributed by atoms with Crippen LogP contribution in [-0.4, -0.2) is 25.5 Å². The van der Waals surface area contributed by atoms with Gasteiger partial charge in [-0.3, -0.25) is 14.2 Å². The van der Waals surface area contributed by atoms with E-state index in [1.54, 1.807) is 12.1 Å². The zero-order chi connectivity index (χ0) is 18.7. The van der Waals surface area contributed by atoms with Gasteiger partial charge in [-0.1, -0.05) is 12.1 Å². The van der Waals surface area contributed by atoms with Gasteiger partial charge in [0.1, 0.15) is 12.4 Å². The molecule has 0 radical (unpaired) electrons. The van der Waals surface area contributed by atoms with Gasteiger partial charge in [-0.05, 0) is 23.8 Å². The molecule has 136 valence electrons. The van der Waals surface area contributed by atoms with Crippen LogP contribution in [0.2, 0.25) is 0 Å². The van der Waals surface area contributed by atoms with Crippen molar-refractivity contribution in [2.45, 2.75) is 19.3 Å². The molecule has 0 saturated carbocycles. The van der Waals surface area contributed by atoms with E-state index < -0.39 is 17.8 Å². The molecule has 6 nitrogen and oxygen atoms in total. The Morgan fingerprint density at radius 1 is 1.19 bits per heavy atom. The van der Waals surface area contributed by atoms with Crippen LogP contribution >= 0.6 is 0 Å². The molecule has 0 unspecified atom stereocenters. The molecule has 0 bridgehead atoms.